The van der Waals surface area contributed by atoms with Crippen LogP contribution in [0.5, 0.6) is 5.75 Å². The standard InChI is InChI=1S/C25H27N3O2/c1-17-22(25(26)29)12-13-23(27-17)24-7-4-14-28(24)16-18-5-3-6-20(15-18)19-8-10-21(30-2)11-9-19/h3,5-6,8-13,15,24H,4,7,14,16H2,1-2H3,(H2,26,29). The lowest BCUT2D eigenvalue weighted by atomic mass is 10.0. The second-order valence-corrected chi connectivity index (χ2v) is 7.79. The zero-order valence-corrected chi connectivity index (χ0v) is 17.5. The van der Waals surface area contributed by atoms with Gasteiger partial charge >= 0.3 is 0 Å². The molecule has 0 aliphatic carbocycles. The molecule has 3 aromatic rings. The lowest BCUT2D eigenvalue weighted by Crippen LogP contribution is -2.24. The summed E-state index contributed by atoms with van der Waals surface area (Å²) < 4.78 is 5.26. The van der Waals surface area contributed by atoms with Crippen molar-refractivity contribution in [3.8, 4) is 16.9 Å². The van der Waals surface area contributed by atoms with Gasteiger partial charge in [-0.2, -0.15) is 0 Å². The minimum absolute atomic E-state index is 0.260. The van der Waals surface area contributed by atoms with E-state index in [9.17, 15) is 4.79 Å². The number of amides is 1. The molecule has 1 aromatic heterocycles. The van der Waals surface area contributed by atoms with Crippen molar-refractivity contribution in [1.29, 1.82) is 0 Å². The fourth-order valence-electron chi connectivity index (χ4n) is 4.24. The molecule has 1 atom stereocenters. The Balaban J connectivity index is 1.53. The van der Waals surface area contributed by atoms with Gasteiger partial charge in [-0.3, -0.25) is 14.7 Å². The molecule has 5 heteroatoms. The van der Waals surface area contributed by atoms with Gasteiger partial charge in [-0.05, 0) is 73.3 Å². The van der Waals surface area contributed by atoms with E-state index in [4.69, 9.17) is 15.5 Å². The SMILES string of the molecule is COc1ccc(-c2cccc(CN3CCCC3c3ccc(C(N)=O)c(C)n3)c2)cc1. The first kappa shape index (κ1) is 20.1. The number of methoxy groups -OCH3 is 1. The number of nitrogens with zero attached hydrogens (tertiary/aromatic N) is 2. The summed E-state index contributed by atoms with van der Waals surface area (Å²) in [7, 11) is 1.68. The second-order valence-electron chi connectivity index (χ2n) is 7.79. The molecule has 1 aliphatic heterocycles. The van der Waals surface area contributed by atoms with Crippen molar-refractivity contribution in [2.75, 3.05) is 13.7 Å². The van der Waals surface area contributed by atoms with Crippen LogP contribution < -0.4 is 10.5 Å². The summed E-state index contributed by atoms with van der Waals surface area (Å²) in [6.45, 7) is 3.75. The predicted molar refractivity (Wildman–Crippen MR) is 118 cm³/mol. The highest BCUT2D eigenvalue weighted by molar-refractivity contribution is 5.93. The lowest BCUT2D eigenvalue weighted by Gasteiger charge is -2.25. The molecule has 2 aromatic carbocycles. The molecule has 30 heavy (non-hydrogen) atoms. The van der Waals surface area contributed by atoms with Crippen molar-refractivity contribution >= 4 is 5.91 Å². The third-order valence-electron chi connectivity index (χ3n) is 5.81. The molecule has 1 amide bonds. The maximum atomic E-state index is 11.5. The van der Waals surface area contributed by atoms with Crippen LogP contribution in [0.25, 0.3) is 11.1 Å². The minimum Gasteiger partial charge on any atom is -0.497 e. The van der Waals surface area contributed by atoms with Gasteiger partial charge in [-0.1, -0.05) is 30.3 Å². The number of primary amides is 1. The van der Waals surface area contributed by atoms with Gasteiger partial charge in [0.25, 0.3) is 5.91 Å². The van der Waals surface area contributed by atoms with Gasteiger partial charge in [0.05, 0.1) is 30.1 Å². The Morgan fingerprint density at radius 2 is 1.93 bits per heavy atom. The molecule has 1 saturated heterocycles. The van der Waals surface area contributed by atoms with Crippen LogP contribution >= 0.6 is 0 Å². The van der Waals surface area contributed by atoms with Crippen LogP contribution in [0.2, 0.25) is 0 Å². The Kier molecular flexibility index (Phi) is 5.81. The number of nitrogens with two attached hydrogens (primary N) is 1. The number of carbonyl (C=O) groups is 1. The van der Waals surface area contributed by atoms with Gasteiger partial charge in [0, 0.05) is 6.54 Å². The van der Waals surface area contributed by atoms with Crippen molar-refractivity contribution in [3.63, 3.8) is 0 Å². The van der Waals surface area contributed by atoms with Gasteiger partial charge in [0.15, 0.2) is 0 Å². The van der Waals surface area contributed by atoms with Gasteiger partial charge < -0.3 is 10.5 Å². The third-order valence-corrected chi connectivity index (χ3v) is 5.81. The molecule has 1 aliphatic rings. The molecule has 5 nitrogen and oxygen atoms in total. The number of likely N-dealkylation sites (tertiary alicyclic amines) is 1. The van der Waals surface area contributed by atoms with Crippen LogP contribution in [0, 0.1) is 6.92 Å². The Morgan fingerprint density at radius 3 is 2.63 bits per heavy atom. The molecular formula is C25H27N3O2. The number of hydrogen-bond acceptors (Lipinski definition) is 4. The van der Waals surface area contributed by atoms with E-state index in [2.05, 4.69) is 41.3 Å². The van der Waals surface area contributed by atoms with E-state index in [1.54, 1.807) is 13.2 Å². The molecule has 154 valence electrons. The van der Waals surface area contributed by atoms with Crippen molar-refractivity contribution in [2.45, 2.75) is 32.4 Å². The van der Waals surface area contributed by atoms with E-state index in [1.807, 2.05) is 25.1 Å². The zero-order chi connectivity index (χ0) is 21.1. The van der Waals surface area contributed by atoms with E-state index < -0.39 is 5.91 Å². The van der Waals surface area contributed by atoms with Crippen molar-refractivity contribution < 1.29 is 9.53 Å². The van der Waals surface area contributed by atoms with Gasteiger partial charge in [0.1, 0.15) is 5.75 Å². The van der Waals surface area contributed by atoms with E-state index >= 15 is 0 Å². The Morgan fingerprint density at radius 1 is 1.13 bits per heavy atom. The molecule has 1 fully saturated rings. The van der Waals surface area contributed by atoms with Gasteiger partial charge in [-0.15, -0.1) is 0 Å². The Bertz CT molecular complexity index is 1050. The molecule has 2 N–H and O–H groups in total. The van der Waals surface area contributed by atoms with Crippen molar-refractivity contribution in [3.05, 3.63) is 83.2 Å². The smallest absolute Gasteiger partial charge is 0.250 e. The normalized spacial score (nSPS) is 16.5. The van der Waals surface area contributed by atoms with Crippen LogP contribution in [0.1, 0.15) is 46.2 Å². The minimum atomic E-state index is -0.426. The first-order valence-corrected chi connectivity index (χ1v) is 10.3. The van der Waals surface area contributed by atoms with Crippen molar-refractivity contribution in [2.24, 2.45) is 5.73 Å². The Labute approximate surface area is 177 Å². The molecule has 0 radical (unpaired) electrons. The summed E-state index contributed by atoms with van der Waals surface area (Å²) in [6, 6.07) is 20.9. The molecule has 4 rings (SSSR count). The molecule has 0 bridgehead atoms. The highest BCUT2D eigenvalue weighted by atomic mass is 16.5. The first-order valence-electron chi connectivity index (χ1n) is 10.3. The summed E-state index contributed by atoms with van der Waals surface area (Å²) in [5.41, 5.74) is 11.3. The van der Waals surface area contributed by atoms with Crippen LogP contribution in [-0.2, 0) is 6.54 Å². The average molecular weight is 402 g/mol. The highest BCUT2D eigenvalue weighted by Crippen LogP contribution is 2.33. The van der Waals surface area contributed by atoms with E-state index in [0.29, 0.717) is 11.3 Å². The molecule has 0 saturated carbocycles. The quantitative estimate of drug-likeness (QED) is 0.660. The van der Waals surface area contributed by atoms with Crippen LogP contribution in [0.15, 0.2) is 60.7 Å². The van der Waals surface area contributed by atoms with E-state index in [-0.39, 0.29) is 6.04 Å². The number of benzene rings is 2. The number of ether oxygens (including phenoxy) is 1. The summed E-state index contributed by atoms with van der Waals surface area (Å²) >= 11 is 0. The number of carbonyl (C=O) groups excluding carboxylic acids is 1. The molecule has 2 heterocycles. The van der Waals surface area contributed by atoms with Gasteiger partial charge in [0.2, 0.25) is 0 Å². The second kappa shape index (κ2) is 8.67. The van der Waals surface area contributed by atoms with Crippen LogP contribution in [0.4, 0.5) is 0 Å². The predicted octanol–water partition coefficient (Wildman–Crippen LogP) is 4.50. The highest BCUT2D eigenvalue weighted by Gasteiger charge is 2.27. The number of rotatable bonds is 6. The van der Waals surface area contributed by atoms with Crippen molar-refractivity contribution in [1.82, 2.24) is 9.88 Å². The molecule has 0 spiro atoms. The summed E-state index contributed by atoms with van der Waals surface area (Å²) in [4.78, 5) is 18.7. The van der Waals surface area contributed by atoms with Crippen LogP contribution in [-0.4, -0.2) is 29.4 Å². The maximum Gasteiger partial charge on any atom is 0.250 e. The van der Waals surface area contributed by atoms with Crippen LogP contribution in [0.3, 0.4) is 0 Å². The summed E-state index contributed by atoms with van der Waals surface area (Å²) in [5.74, 6) is 0.435. The van der Waals surface area contributed by atoms with E-state index in [1.165, 1.54) is 16.7 Å². The average Bonchev–Trinajstić information content (AvgIpc) is 3.21. The number of aryl methyl sites for hydroxylation is 1. The fraction of sp³-hybridized carbons (Fsp3) is 0.280. The molecular weight excluding hydrogens is 374 g/mol. The summed E-state index contributed by atoms with van der Waals surface area (Å²) in [6.07, 6.45) is 2.21. The third kappa shape index (κ3) is 4.21. The monoisotopic (exact) mass is 401 g/mol. The first-order chi connectivity index (χ1) is 14.5. The zero-order valence-electron chi connectivity index (χ0n) is 17.5. The number of hydrogen-bond donors (Lipinski definition) is 1. The topological polar surface area (TPSA) is 68.5 Å². The number of aromatic nitrogens is 1. The lowest BCUT2D eigenvalue weighted by molar-refractivity contribution is 0.0999. The van der Waals surface area contributed by atoms with E-state index in [0.717, 1.165) is 37.4 Å². The largest absolute Gasteiger partial charge is 0.497 e. The molecule has 1 unspecified atom stereocenters. The van der Waals surface area contributed by atoms with Gasteiger partial charge in [-0.25, -0.2) is 0 Å². The number of pyridine rings is 1. The maximum absolute atomic E-state index is 11.5. The fourth-order valence-corrected chi connectivity index (χ4v) is 4.24. The summed E-state index contributed by atoms with van der Waals surface area (Å²) in [5, 5.41) is 0. The Hall–Kier alpha value is -3.18.